The van der Waals surface area contributed by atoms with Gasteiger partial charge < -0.3 is 10.0 Å². The summed E-state index contributed by atoms with van der Waals surface area (Å²) in [7, 11) is -3.43. The molecule has 1 atom stereocenters. The van der Waals surface area contributed by atoms with Crippen molar-refractivity contribution < 1.29 is 23.1 Å². The molecular weight excluding hydrogens is 330 g/mol. The topological polar surface area (TPSA) is 91.8 Å². The summed E-state index contributed by atoms with van der Waals surface area (Å²) in [6, 6.07) is 2.95. The van der Waals surface area contributed by atoms with Gasteiger partial charge in [0.15, 0.2) is 9.84 Å². The molecule has 0 aliphatic carbocycles. The molecule has 7 heteroatoms. The lowest BCUT2D eigenvalue weighted by atomic mass is 9.81. The normalized spacial score (nSPS) is 21.6. The Bertz CT molecular complexity index is 799. The number of carboxylic acids is 1. The molecule has 1 N–H and O–H groups in total. The monoisotopic (exact) mass is 353 g/mol. The summed E-state index contributed by atoms with van der Waals surface area (Å²) >= 11 is 0. The van der Waals surface area contributed by atoms with Crippen LogP contribution in [0.15, 0.2) is 17.0 Å². The van der Waals surface area contributed by atoms with Crippen molar-refractivity contribution in [3.63, 3.8) is 0 Å². The predicted molar refractivity (Wildman–Crippen MR) is 89.9 cm³/mol. The molecule has 132 valence electrons. The molecule has 0 bridgehead atoms. The van der Waals surface area contributed by atoms with Gasteiger partial charge in [-0.25, -0.2) is 8.42 Å². The summed E-state index contributed by atoms with van der Waals surface area (Å²) in [5, 5.41) is 9.40. The van der Waals surface area contributed by atoms with Crippen LogP contribution in [0.3, 0.4) is 0 Å². The molecule has 0 radical (unpaired) electrons. The second-order valence-electron chi connectivity index (χ2n) is 6.88. The highest BCUT2D eigenvalue weighted by atomic mass is 32.2. The largest absolute Gasteiger partial charge is 0.481 e. The first-order valence-corrected chi connectivity index (χ1v) is 9.69. The zero-order chi connectivity index (χ0) is 18.3. The van der Waals surface area contributed by atoms with E-state index in [4.69, 9.17) is 0 Å². The van der Waals surface area contributed by atoms with Crippen LogP contribution in [-0.2, 0) is 14.6 Å². The molecule has 6 nitrogen and oxygen atoms in total. The second kappa shape index (κ2) is 6.20. The van der Waals surface area contributed by atoms with E-state index in [9.17, 15) is 23.1 Å². The van der Waals surface area contributed by atoms with Crippen molar-refractivity contribution in [1.29, 1.82) is 0 Å². The summed E-state index contributed by atoms with van der Waals surface area (Å²) in [6.45, 7) is 5.78. The van der Waals surface area contributed by atoms with Crippen molar-refractivity contribution in [2.45, 2.75) is 38.5 Å². The fraction of sp³-hybridized carbons (Fsp3) is 0.529. The van der Waals surface area contributed by atoms with Gasteiger partial charge in [0.25, 0.3) is 5.91 Å². The van der Waals surface area contributed by atoms with Gasteiger partial charge in [-0.2, -0.15) is 0 Å². The zero-order valence-electron chi connectivity index (χ0n) is 14.4. The number of sulfone groups is 1. The van der Waals surface area contributed by atoms with Crippen LogP contribution in [0.1, 0.15) is 41.3 Å². The minimum absolute atomic E-state index is 0.104. The van der Waals surface area contributed by atoms with Crippen molar-refractivity contribution in [1.82, 2.24) is 4.90 Å². The SMILES string of the molecule is Cc1cc(S(C)(=O)=O)cc(C(=O)N2CCCC(C)(C(=O)O)C2)c1C. The number of carboxylic acid groups (broad SMARTS) is 1. The lowest BCUT2D eigenvalue weighted by Gasteiger charge is -2.37. The highest BCUT2D eigenvalue weighted by molar-refractivity contribution is 7.90. The summed E-state index contributed by atoms with van der Waals surface area (Å²) in [4.78, 5) is 26.0. The van der Waals surface area contributed by atoms with E-state index in [0.717, 1.165) is 17.4 Å². The van der Waals surface area contributed by atoms with Crippen LogP contribution in [0.4, 0.5) is 0 Å². The number of hydrogen-bond acceptors (Lipinski definition) is 4. The number of piperidine rings is 1. The average molecular weight is 353 g/mol. The number of aliphatic carboxylic acids is 1. The molecule has 1 heterocycles. The van der Waals surface area contributed by atoms with E-state index < -0.39 is 21.2 Å². The van der Waals surface area contributed by atoms with Crippen LogP contribution >= 0.6 is 0 Å². The minimum atomic E-state index is -3.43. The van der Waals surface area contributed by atoms with Crippen LogP contribution in [0.25, 0.3) is 0 Å². The van der Waals surface area contributed by atoms with Crippen molar-refractivity contribution >= 4 is 21.7 Å². The Balaban J connectivity index is 2.43. The number of aryl methyl sites for hydroxylation is 1. The Hall–Kier alpha value is -1.89. The molecule has 1 aromatic rings. The molecule has 2 rings (SSSR count). The Morgan fingerprint density at radius 2 is 1.88 bits per heavy atom. The molecule has 0 aromatic heterocycles. The maximum atomic E-state index is 12.9. The first-order valence-electron chi connectivity index (χ1n) is 7.80. The van der Waals surface area contributed by atoms with Gasteiger partial charge in [0.2, 0.25) is 0 Å². The molecule has 1 amide bonds. The fourth-order valence-electron chi connectivity index (χ4n) is 3.02. The number of hydrogen-bond donors (Lipinski definition) is 1. The van der Waals surface area contributed by atoms with Crippen molar-refractivity contribution in [3.8, 4) is 0 Å². The molecule has 24 heavy (non-hydrogen) atoms. The van der Waals surface area contributed by atoms with Crippen molar-refractivity contribution in [2.24, 2.45) is 5.41 Å². The van der Waals surface area contributed by atoms with Gasteiger partial charge in [-0.15, -0.1) is 0 Å². The average Bonchev–Trinajstić information content (AvgIpc) is 2.48. The Morgan fingerprint density at radius 3 is 2.42 bits per heavy atom. The summed E-state index contributed by atoms with van der Waals surface area (Å²) in [6.07, 6.45) is 2.24. The van der Waals surface area contributed by atoms with Crippen LogP contribution < -0.4 is 0 Å². The lowest BCUT2D eigenvalue weighted by molar-refractivity contribution is -0.150. The number of likely N-dealkylation sites (tertiary alicyclic amines) is 1. The van der Waals surface area contributed by atoms with Gasteiger partial charge in [-0.05, 0) is 56.9 Å². The number of benzene rings is 1. The van der Waals surface area contributed by atoms with Crippen LogP contribution in [0, 0.1) is 19.3 Å². The molecule has 1 aromatic carbocycles. The summed E-state index contributed by atoms with van der Waals surface area (Å²) in [5.74, 6) is -1.23. The maximum absolute atomic E-state index is 12.9. The quantitative estimate of drug-likeness (QED) is 0.898. The number of carbonyl (C=O) groups excluding carboxylic acids is 1. The maximum Gasteiger partial charge on any atom is 0.311 e. The molecule has 1 aliphatic heterocycles. The van der Waals surface area contributed by atoms with Gasteiger partial charge in [0.05, 0.1) is 10.3 Å². The van der Waals surface area contributed by atoms with Crippen LogP contribution in [-0.4, -0.2) is 49.6 Å². The first-order chi connectivity index (χ1) is 11.0. The standard InChI is InChI=1S/C17H23NO5S/c1-11-8-13(24(4,22)23)9-14(12(11)2)15(19)18-7-5-6-17(3,10-18)16(20)21/h8-9H,5-7,10H2,1-4H3,(H,20,21). The molecule has 1 unspecified atom stereocenters. The van der Waals surface area contributed by atoms with E-state index in [1.807, 2.05) is 0 Å². The molecule has 1 aliphatic rings. The summed E-state index contributed by atoms with van der Waals surface area (Å²) in [5.41, 5.74) is 0.796. The zero-order valence-corrected chi connectivity index (χ0v) is 15.2. The van der Waals surface area contributed by atoms with Crippen LogP contribution in [0.2, 0.25) is 0 Å². The Labute approximate surface area is 142 Å². The Kier molecular flexibility index (Phi) is 4.77. The van der Waals surface area contributed by atoms with E-state index in [0.29, 0.717) is 24.9 Å². The number of rotatable bonds is 3. The van der Waals surface area contributed by atoms with Gasteiger partial charge in [-0.1, -0.05) is 0 Å². The van der Waals surface area contributed by atoms with Crippen molar-refractivity contribution in [2.75, 3.05) is 19.3 Å². The third-order valence-corrected chi connectivity index (χ3v) is 5.89. The molecule has 1 saturated heterocycles. The molecule has 0 spiro atoms. The Morgan fingerprint density at radius 1 is 1.25 bits per heavy atom. The highest BCUT2D eigenvalue weighted by Gasteiger charge is 2.39. The number of amides is 1. The van der Waals surface area contributed by atoms with E-state index in [1.54, 1.807) is 26.8 Å². The first kappa shape index (κ1) is 18.4. The van der Waals surface area contributed by atoms with Crippen LogP contribution in [0.5, 0.6) is 0 Å². The molecule has 0 saturated carbocycles. The summed E-state index contributed by atoms with van der Waals surface area (Å²) < 4.78 is 23.7. The van der Waals surface area contributed by atoms with E-state index in [-0.39, 0.29) is 17.3 Å². The van der Waals surface area contributed by atoms with E-state index >= 15 is 0 Å². The van der Waals surface area contributed by atoms with Gasteiger partial charge in [0.1, 0.15) is 0 Å². The highest BCUT2D eigenvalue weighted by Crippen LogP contribution is 2.31. The minimum Gasteiger partial charge on any atom is -0.481 e. The second-order valence-corrected chi connectivity index (χ2v) is 8.90. The fourth-order valence-corrected chi connectivity index (χ4v) is 3.74. The van der Waals surface area contributed by atoms with E-state index in [1.165, 1.54) is 11.0 Å². The van der Waals surface area contributed by atoms with Gasteiger partial charge in [0, 0.05) is 24.9 Å². The van der Waals surface area contributed by atoms with E-state index in [2.05, 4.69) is 0 Å². The van der Waals surface area contributed by atoms with Crippen molar-refractivity contribution in [3.05, 3.63) is 28.8 Å². The number of carbonyl (C=O) groups is 2. The van der Waals surface area contributed by atoms with Gasteiger partial charge in [-0.3, -0.25) is 9.59 Å². The number of nitrogens with zero attached hydrogens (tertiary/aromatic N) is 1. The smallest absolute Gasteiger partial charge is 0.311 e. The predicted octanol–water partition coefficient (Wildman–Crippen LogP) is 2.03. The molecular formula is C17H23NO5S. The lowest BCUT2D eigenvalue weighted by Crippen LogP contribution is -2.48. The third-order valence-electron chi connectivity index (χ3n) is 4.80. The molecule has 1 fully saturated rings. The third kappa shape index (κ3) is 3.45. The van der Waals surface area contributed by atoms with Gasteiger partial charge >= 0.3 is 5.97 Å².